The van der Waals surface area contributed by atoms with E-state index in [0.717, 1.165) is 12.1 Å². The van der Waals surface area contributed by atoms with Crippen LogP contribution in [0.1, 0.15) is 51.5 Å². The van der Waals surface area contributed by atoms with Crippen molar-refractivity contribution in [2.24, 2.45) is 5.92 Å². The molecule has 1 nitrogen and oxygen atoms in total. The maximum atomic E-state index is 13.4. The highest BCUT2D eigenvalue weighted by Gasteiger charge is 2.24. The Morgan fingerprint density at radius 3 is 2.60 bits per heavy atom. The Bertz CT molecular complexity index is 427. The molecule has 3 heteroatoms. The number of halogens is 2. The van der Waals surface area contributed by atoms with Crippen molar-refractivity contribution in [1.29, 1.82) is 0 Å². The fourth-order valence-electron chi connectivity index (χ4n) is 3.05. The molecule has 0 heterocycles. The van der Waals surface area contributed by atoms with Gasteiger partial charge in [0.05, 0.1) is 0 Å². The summed E-state index contributed by atoms with van der Waals surface area (Å²) < 4.78 is 13.4. The normalized spacial score (nSPS) is 16.1. The summed E-state index contributed by atoms with van der Waals surface area (Å²) in [6.07, 6.45) is 6.39. The second-order valence-electron chi connectivity index (χ2n) is 6.22. The van der Waals surface area contributed by atoms with E-state index in [2.05, 4.69) is 34.7 Å². The van der Waals surface area contributed by atoms with E-state index in [1.807, 2.05) is 6.07 Å². The standard InChI is InChI=1S/C17H25BrFN/c1-13(2)9-10-20(16-5-3-4-6-16)17-8-7-15(19)11-14(17)12-18/h7-8,11,13,16H,3-6,9-10,12H2,1-2H3. The average Bonchev–Trinajstić information content (AvgIpc) is 2.94. The first-order chi connectivity index (χ1) is 9.61. The van der Waals surface area contributed by atoms with Crippen LogP contribution in [0.3, 0.4) is 0 Å². The summed E-state index contributed by atoms with van der Waals surface area (Å²) in [6.45, 7) is 5.61. The molecule has 1 fully saturated rings. The number of nitrogens with zero attached hydrogens (tertiary/aromatic N) is 1. The highest BCUT2D eigenvalue weighted by molar-refractivity contribution is 9.08. The second-order valence-corrected chi connectivity index (χ2v) is 6.78. The van der Waals surface area contributed by atoms with Gasteiger partial charge in [-0.05, 0) is 48.9 Å². The Morgan fingerprint density at radius 1 is 1.30 bits per heavy atom. The molecular formula is C17H25BrFN. The van der Waals surface area contributed by atoms with Gasteiger partial charge in [0.1, 0.15) is 5.82 Å². The minimum Gasteiger partial charge on any atom is -0.368 e. The summed E-state index contributed by atoms with van der Waals surface area (Å²) in [5.41, 5.74) is 2.29. The maximum Gasteiger partial charge on any atom is 0.123 e. The lowest BCUT2D eigenvalue weighted by Crippen LogP contribution is -2.35. The molecule has 1 aromatic rings. The molecule has 0 radical (unpaired) electrons. The molecule has 0 saturated heterocycles. The molecule has 0 aliphatic heterocycles. The maximum absolute atomic E-state index is 13.4. The van der Waals surface area contributed by atoms with Crippen LogP contribution in [-0.4, -0.2) is 12.6 Å². The minimum absolute atomic E-state index is 0.140. The average molecular weight is 342 g/mol. The predicted octanol–water partition coefficient (Wildman–Crippen LogP) is 5.52. The fourth-order valence-corrected chi connectivity index (χ4v) is 3.50. The van der Waals surface area contributed by atoms with Crippen LogP contribution in [0.2, 0.25) is 0 Å². The van der Waals surface area contributed by atoms with E-state index in [1.54, 1.807) is 12.1 Å². The largest absolute Gasteiger partial charge is 0.368 e. The third-order valence-electron chi connectivity index (χ3n) is 4.21. The highest BCUT2D eigenvalue weighted by atomic mass is 79.9. The Kier molecular flexibility index (Phi) is 5.88. The summed E-state index contributed by atoms with van der Waals surface area (Å²) in [7, 11) is 0. The number of rotatable bonds is 6. The number of benzene rings is 1. The van der Waals surface area contributed by atoms with Crippen molar-refractivity contribution in [1.82, 2.24) is 0 Å². The van der Waals surface area contributed by atoms with Gasteiger partial charge in [0.2, 0.25) is 0 Å². The lowest BCUT2D eigenvalue weighted by Gasteiger charge is -2.33. The van der Waals surface area contributed by atoms with Crippen LogP contribution in [0, 0.1) is 11.7 Å². The van der Waals surface area contributed by atoms with Gasteiger partial charge in [-0.2, -0.15) is 0 Å². The summed E-state index contributed by atoms with van der Waals surface area (Å²) in [5.74, 6) is 0.560. The van der Waals surface area contributed by atoms with E-state index in [4.69, 9.17) is 0 Å². The smallest absolute Gasteiger partial charge is 0.123 e. The number of hydrogen-bond acceptors (Lipinski definition) is 1. The Hall–Kier alpha value is -0.570. The molecule has 112 valence electrons. The first-order valence-electron chi connectivity index (χ1n) is 7.73. The molecule has 1 saturated carbocycles. The lowest BCUT2D eigenvalue weighted by atomic mass is 10.1. The highest BCUT2D eigenvalue weighted by Crippen LogP contribution is 2.32. The third kappa shape index (κ3) is 3.97. The number of anilines is 1. The minimum atomic E-state index is -0.140. The monoisotopic (exact) mass is 341 g/mol. The Labute approximate surface area is 130 Å². The summed E-state index contributed by atoms with van der Waals surface area (Å²) >= 11 is 3.51. The van der Waals surface area contributed by atoms with Crippen LogP contribution in [-0.2, 0) is 5.33 Å². The molecule has 0 bridgehead atoms. The van der Waals surface area contributed by atoms with Crippen LogP contribution in [0.25, 0.3) is 0 Å². The van der Waals surface area contributed by atoms with Crippen LogP contribution in [0.5, 0.6) is 0 Å². The molecule has 0 atom stereocenters. The van der Waals surface area contributed by atoms with Crippen molar-refractivity contribution >= 4 is 21.6 Å². The molecule has 0 amide bonds. The third-order valence-corrected chi connectivity index (χ3v) is 4.81. The van der Waals surface area contributed by atoms with Crippen molar-refractivity contribution in [3.05, 3.63) is 29.6 Å². The van der Waals surface area contributed by atoms with E-state index in [1.165, 1.54) is 37.8 Å². The topological polar surface area (TPSA) is 3.24 Å². The van der Waals surface area contributed by atoms with Gasteiger partial charge in [0.15, 0.2) is 0 Å². The summed E-state index contributed by atoms with van der Waals surface area (Å²) in [4.78, 5) is 2.53. The second kappa shape index (κ2) is 7.44. The van der Waals surface area contributed by atoms with Crippen molar-refractivity contribution in [3.63, 3.8) is 0 Å². The molecule has 1 aliphatic rings. The summed E-state index contributed by atoms with van der Waals surface area (Å²) in [5, 5.41) is 0.713. The van der Waals surface area contributed by atoms with Crippen molar-refractivity contribution < 1.29 is 4.39 Å². The van der Waals surface area contributed by atoms with E-state index in [0.29, 0.717) is 17.3 Å². The molecule has 20 heavy (non-hydrogen) atoms. The van der Waals surface area contributed by atoms with Crippen molar-refractivity contribution in [2.75, 3.05) is 11.4 Å². The zero-order chi connectivity index (χ0) is 14.5. The molecule has 0 spiro atoms. The summed E-state index contributed by atoms with van der Waals surface area (Å²) in [6, 6.07) is 5.86. The molecule has 1 aliphatic carbocycles. The molecule has 0 aromatic heterocycles. The van der Waals surface area contributed by atoms with E-state index in [-0.39, 0.29) is 5.82 Å². The van der Waals surface area contributed by atoms with Crippen molar-refractivity contribution in [3.8, 4) is 0 Å². The molecule has 1 aromatic carbocycles. The zero-order valence-corrected chi connectivity index (χ0v) is 14.1. The predicted molar refractivity (Wildman–Crippen MR) is 88.1 cm³/mol. The van der Waals surface area contributed by atoms with Gasteiger partial charge >= 0.3 is 0 Å². The Morgan fingerprint density at radius 2 is 2.00 bits per heavy atom. The fraction of sp³-hybridized carbons (Fsp3) is 0.647. The van der Waals surface area contributed by atoms with Crippen LogP contribution in [0.15, 0.2) is 18.2 Å². The quantitative estimate of drug-likeness (QED) is 0.616. The number of hydrogen-bond donors (Lipinski definition) is 0. The van der Waals surface area contributed by atoms with Gasteiger partial charge in [-0.3, -0.25) is 0 Å². The van der Waals surface area contributed by atoms with Crippen LogP contribution < -0.4 is 4.90 Å². The molecule has 0 unspecified atom stereocenters. The lowest BCUT2D eigenvalue weighted by molar-refractivity contribution is 0.527. The van der Waals surface area contributed by atoms with Crippen LogP contribution in [0.4, 0.5) is 10.1 Å². The van der Waals surface area contributed by atoms with Gasteiger partial charge in [0.25, 0.3) is 0 Å². The van der Waals surface area contributed by atoms with Gasteiger partial charge < -0.3 is 4.90 Å². The zero-order valence-electron chi connectivity index (χ0n) is 12.5. The first kappa shape index (κ1) is 15.8. The molecule has 2 rings (SSSR count). The number of alkyl halides is 1. The van der Waals surface area contributed by atoms with E-state index < -0.39 is 0 Å². The van der Waals surface area contributed by atoms with E-state index >= 15 is 0 Å². The van der Waals surface area contributed by atoms with Gasteiger partial charge in [-0.25, -0.2) is 4.39 Å². The van der Waals surface area contributed by atoms with Gasteiger partial charge in [-0.1, -0.05) is 42.6 Å². The molecule has 0 N–H and O–H groups in total. The first-order valence-corrected chi connectivity index (χ1v) is 8.85. The van der Waals surface area contributed by atoms with Gasteiger partial charge in [0, 0.05) is 23.6 Å². The van der Waals surface area contributed by atoms with E-state index in [9.17, 15) is 4.39 Å². The van der Waals surface area contributed by atoms with Crippen LogP contribution >= 0.6 is 15.9 Å². The SMILES string of the molecule is CC(C)CCN(c1ccc(F)cc1CBr)C1CCCC1. The molecular weight excluding hydrogens is 317 g/mol. The Balaban J connectivity index is 2.24. The van der Waals surface area contributed by atoms with Gasteiger partial charge in [-0.15, -0.1) is 0 Å². The van der Waals surface area contributed by atoms with Crippen molar-refractivity contribution in [2.45, 2.75) is 57.3 Å².